The second-order valence-electron chi connectivity index (χ2n) is 3.53. The first-order chi connectivity index (χ1) is 6.81. The largest absolute Gasteiger partial charge is 0.355 e. The number of hydrogen-bond donors (Lipinski definition) is 3. The van der Waals surface area contributed by atoms with E-state index in [9.17, 15) is 13.2 Å². The normalized spacial score (nSPS) is 13.5. The maximum absolute atomic E-state index is 11.1. The highest BCUT2D eigenvalue weighted by atomic mass is 32.2. The molecule has 0 aromatic heterocycles. The predicted octanol–water partition coefficient (Wildman–Crippen LogP) is -1.22. The van der Waals surface area contributed by atoms with Crippen LogP contribution in [0.1, 0.15) is 19.8 Å². The van der Waals surface area contributed by atoms with Crippen LogP contribution in [0.15, 0.2) is 0 Å². The van der Waals surface area contributed by atoms with E-state index >= 15 is 0 Å². The third kappa shape index (κ3) is 11.3. The molecule has 0 saturated heterocycles. The van der Waals surface area contributed by atoms with Crippen LogP contribution >= 0.6 is 0 Å². The summed E-state index contributed by atoms with van der Waals surface area (Å²) in [7, 11) is -3.17. The lowest BCUT2D eigenvalue weighted by Gasteiger charge is -2.06. The Bertz CT molecular complexity index is 288. The Balaban J connectivity index is 3.48. The Morgan fingerprint density at radius 1 is 1.40 bits per heavy atom. The lowest BCUT2D eigenvalue weighted by Crippen LogP contribution is -2.34. The van der Waals surface area contributed by atoms with Crippen LogP contribution < -0.4 is 15.8 Å². The van der Waals surface area contributed by atoms with Crippen molar-refractivity contribution in [1.29, 1.82) is 0 Å². The second-order valence-corrected chi connectivity index (χ2v) is 5.37. The van der Waals surface area contributed by atoms with Crippen LogP contribution in [0.2, 0.25) is 0 Å². The van der Waals surface area contributed by atoms with Crippen molar-refractivity contribution in [3.8, 4) is 0 Å². The standard InChI is InChI=1S/C8H19N3O3S/c1-7(9)3-4-8(12)10-5-6-11-15(2,13)14/h7,11H,3-6,9H2,1-2H3,(H,10,12). The Morgan fingerprint density at radius 3 is 2.47 bits per heavy atom. The summed E-state index contributed by atoms with van der Waals surface area (Å²) in [4.78, 5) is 11.1. The minimum atomic E-state index is -3.17. The van der Waals surface area contributed by atoms with E-state index in [4.69, 9.17) is 5.73 Å². The summed E-state index contributed by atoms with van der Waals surface area (Å²) in [6, 6.07) is 0.00453. The predicted molar refractivity (Wildman–Crippen MR) is 58.7 cm³/mol. The van der Waals surface area contributed by atoms with E-state index in [1.807, 2.05) is 6.92 Å². The molecule has 0 aromatic carbocycles. The van der Waals surface area contributed by atoms with Gasteiger partial charge in [0.2, 0.25) is 15.9 Å². The van der Waals surface area contributed by atoms with Gasteiger partial charge in [-0.15, -0.1) is 0 Å². The maximum atomic E-state index is 11.1. The smallest absolute Gasteiger partial charge is 0.220 e. The Kier molecular flexibility index (Phi) is 6.46. The summed E-state index contributed by atoms with van der Waals surface area (Å²) in [5.74, 6) is -0.109. The van der Waals surface area contributed by atoms with E-state index in [1.54, 1.807) is 0 Å². The lowest BCUT2D eigenvalue weighted by atomic mass is 10.2. The molecule has 0 bridgehead atoms. The van der Waals surface area contributed by atoms with Crippen LogP contribution in [0.25, 0.3) is 0 Å². The molecule has 4 N–H and O–H groups in total. The fraction of sp³-hybridized carbons (Fsp3) is 0.875. The monoisotopic (exact) mass is 237 g/mol. The molecule has 1 unspecified atom stereocenters. The van der Waals surface area contributed by atoms with Gasteiger partial charge in [-0.3, -0.25) is 4.79 Å². The summed E-state index contributed by atoms with van der Waals surface area (Å²) in [6.07, 6.45) is 2.08. The van der Waals surface area contributed by atoms with Crippen molar-refractivity contribution >= 4 is 15.9 Å². The van der Waals surface area contributed by atoms with Crippen LogP contribution in [0.5, 0.6) is 0 Å². The second kappa shape index (κ2) is 6.76. The van der Waals surface area contributed by atoms with Crippen LogP contribution in [0.4, 0.5) is 0 Å². The summed E-state index contributed by atoms with van der Waals surface area (Å²) in [6.45, 7) is 2.34. The number of carbonyl (C=O) groups excluding carboxylic acids is 1. The molecule has 0 aliphatic rings. The first-order valence-electron chi connectivity index (χ1n) is 4.78. The van der Waals surface area contributed by atoms with Gasteiger partial charge in [0.25, 0.3) is 0 Å². The van der Waals surface area contributed by atoms with Gasteiger partial charge in [0.15, 0.2) is 0 Å². The van der Waals surface area contributed by atoms with Gasteiger partial charge in [0.05, 0.1) is 6.26 Å². The number of rotatable bonds is 7. The Hall–Kier alpha value is -0.660. The van der Waals surface area contributed by atoms with Crippen LogP contribution in [0, 0.1) is 0 Å². The highest BCUT2D eigenvalue weighted by Gasteiger charge is 2.03. The summed E-state index contributed by atoms with van der Waals surface area (Å²) >= 11 is 0. The van der Waals surface area contributed by atoms with Gasteiger partial charge in [0.1, 0.15) is 0 Å². The number of sulfonamides is 1. The number of amides is 1. The summed E-state index contributed by atoms with van der Waals surface area (Å²) in [5.41, 5.74) is 5.48. The molecule has 0 heterocycles. The maximum Gasteiger partial charge on any atom is 0.220 e. The van der Waals surface area contributed by atoms with Gasteiger partial charge in [0, 0.05) is 25.6 Å². The molecular weight excluding hydrogens is 218 g/mol. The summed E-state index contributed by atoms with van der Waals surface area (Å²) in [5, 5.41) is 2.59. The number of nitrogens with one attached hydrogen (secondary N) is 2. The molecule has 0 aliphatic heterocycles. The fourth-order valence-corrected chi connectivity index (χ4v) is 1.36. The molecule has 0 saturated carbocycles. The quantitative estimate of drug-likeness (QED) is 0.483. The first-order valence-corrected chi connectivity index (χ1v) is 6.67. The van der Waals surface area contributed by atoms with Crippen molar-refractivity contribution in [2.75, 3.05) is 19.3 Å². The number of carbonyl (C=O) groups is 1. The third-order valence-electron chi connectivity index (χ3n) is 1.64. The highest BCUT2D eigenvalue weighted by molar-refractivity contribution is 7.88. The molecule has 1 atom stereocenters. The van der Waals surface area contributed by atoms with Crippen molar-refractivity contribution < 1.29 is 13.2 Å². The van der Waals surface area contributed by atoms with E-state index in [1.165, 1.54) is 0 Å². The molecule has 7 heteroatoms. The summed E-state index contributed by atoms with van der Waals surface area (Å²) < 4.78 is 23.6. The molecule has 15 heavy (non-hydrogen) atoms. The first kappa shape index (κ1) is 14.3. The molecule has 1 amide bonds. The molecule has 0 aliphatic carbocycles. The van der Waals surface area contributed by atoms with E-state index in [0.717, 1.165) is 6.26 Å². The van der Waals surface area contributed by atoms with E-state index in [0.29, 0.717) is 19.4 Å². The van der Waals surface area contributed by atoms with Gasteiger partial charge in [-0.05, 0) is 13.3 Å². The fourth-order valence-electron chi connectivity index (χ4n) is 0.885. The zero-order valence-corrected chi connectivity index (χ0v) is 9.93. The number of hydrogen-bond acceptors (Lipinski definition) is 4. The zero-order chi connectivity index (χ0) is 11.9. The SMILES string of the molecule is CC(N)CCC(=O)NCCNS(C)(=O)=O. The molecule has 0 radical (unpaired) electrons. The Labute approximate surface area is 90.7 Å². The van der Waals surface area contributed by atoms with Gasteiger partial charge < -0.3 is 11.1 Å². The molecule has 0 aromatic rings. The van der Waals surface area contributed by atoms with Crippen LogP contribution in [0.3, 0.4) is 0 Å². The van der Waals surface area contributed by atoms with Gasteiger partial charge in [-0.2, -0.15) is 0 Å². The minimum absolute atomic E-state index is 0.00453. The minimum Gasteiger partial charge on any atom is -0.355 e. The van der Waals surface area contributed by atoms with Crippen molar-refractivity contribution in [3.05, 3.63) is 0 Å². The molecule has 0 rings (SSSR count). The van der Waals surface area contributed by atoms with E-state index in [-0.39, 0.29) is 18.5 Å². The lowest BCUT2D eigenvalue weighted by molar-refractivity contribution is -0.121. The molecule has 90 valence electrons. The van der Waals surface area contributed by atoms with Crippen molar-refractivity contribution in [2.24, 2.45) is 5.73 Å². The molecule has 0 fully saturated rings. The molecule has 0 spiro atoms. The third-order valence-corrected chi connectivity index (χ3v) is 2.37. The van der Waals surface area contributed by atoms with Crippen molar-refractivity contribution in [2.45, 2.75) is 25.8 Å². The molecule has 6 nitrogen and oxygen atoms in total. The highest BCUT2D eigenvalue weighted by Crippen LogP contribution is 1.92. The van der Waals surface area contributed by atoms with Crippen molar-refractivity contribution in [3.63, 3.8) is 0 Å². The van der Waals surface area contributed by atoms with Gasteiger partial charge in [-0.1, -0.05) is 0 Å². The zero-order valence-electron chi connectivity index (χ0n) is 9.12. The van der Waals surface area contributed by atoms with Crippen LogP contribution in [-0.4, -0.2) is 39.7 Å². The van der Waals surface area contributed by atoms with Gasteiger partial charge in [-0.25, -0.2) is 13.1 Å². The average molecular weight is 237 g/mol. The number of nitrogens with two attached hydrogens (primary N) is 1. The van der Waals surface area contributed by atoms with Crippen LogP contribution in [-0.2, 0) is 14.8 Å². The topological polar surface area (TPSA) is 101 Å². The Morgan fingerprint density at radius 2 is 2.00 bits per heavy atom. The van der Waals surface area contributed by atoms with Crippen molar-refractivity contribution in [1.82, 2.24) is 10.0 Å². The van der Waals surface area contributed by atoms with E-state index in [2.05, 4.69) is 10.0 Å². The molecular formula is C8H19N3O3S. The average Bonchev–Trinajstić information content (AvgIpc) is 2.07. The van der Waals surface area contributed by atoms with Gasteiger partial charge >= 0.3 is 0 Å². The van der Waals surface area contributed by atoms with E-state index < -0.39 is 10.0 Å².